The van der Waals surface area contributed by atoms with Gasteiger partial charge in [-0.15, -0.1) is 11.3 Å². The zero-order valence-corrected chi connectivity index (χ0v) is 21.5. The molecular formula is C27H28N4O4S. The average Bonchev–Trinajstić information content (AvgIpc) is 3.27. The highest BCUT2D eigenvalue weighted by Gasteiger charge is 2.31. The number of fused-ring (bicyclic) bond motifs is 1. The zero-order valence-electron chi connectivity index (χ0n) is 20.7. The summed E-state index contributed by atoms with van der Waals surface area (Å²) in [6, 6.07) is 7.89. The van der Waals surface area contributed by atoms with E-state index in [2.05, 4.69) is 34.0 Å². The molecule has 4 rings (SSSR count). The largest absolute Gasteiger partial charge is 0.489 e. The van der Waals surface area contributed by atoms with Crippen molar-refractivity contribution >= 4 is 28.8 Å². The molecule has 2 N–H and O–H groups in total. The van der Waals surface area contributed by atoms with Crippen LogP contribution in [0.5, 0.6) is 5.75 Å². The lowest BCUT2D eigenvalue weighted by Gasteiger charge is -2.20. The maximum Gasteiger partial charge on any atom is 0.270 e. The van der Waals surface area contributed by atoms with Gasteiger partial charge in [0.15, 0.2) is 0 Å². The van der Waals surface area contributed by atoms with Gasteiger partial charge in [-0.3, -0.25) is 14.6 Å². The van der Waals surface area contributed by atoms with Gasteiger partial charge in [0.2, 0.25) is 0 Å². The molecule has 1 unspecified atom stereocenters. The normalized spacial score (nSPS) is 15.3. The van der Waals surface area contributed by atoms with Crippen LogP contribution in [0.1, 0.15) is 53.1 Å². The van der Waals surface area contributed by atoms with Crippen molar-refractivity contribution in [2.24, 2.45) is 0 Å². The van der Waals surface area contributed by atoms with Gasteiger partial charge in [0, 0.05) is 30.6 Å². The molecular weight excluding hydrogens is 476 g/mol. The molecule has 0 saturated heterocycles. The smallest absolute Gasteiger partial charge is 0.270 e. The number of benzene rings is 1. The zero-order chi connectivity index (χ0) is 25.9. The number of ether oxygens (including phenoxy) is 1. The first-order valence-electron chi connectivity index (χ1n) is 11.6. The Hall–Kier alpha value is -3.74. The summed E-state index contributed by atoms with van der Waals surface area (Å²) < 4.78 is 5.85. The number of aryl methyl sites for hydroxylation is 1. The number of aliphatic hydroxyl groups is 1. The molecule has 0 bridgehead atoms. The predicted molar refractivity (Wildman–Crippen MR) is 138 cm³/mol. The van der Waals surface area contributed by atoms with Gasteiger partial charge >= 0.3 is 0 Å². The predicted octanol–water partition coefficient (Wildman–Crippen LogP) is 2.97. The number of likely N-dealkylation sites (N-methyl/N-ethyl adjacent to an activating group) is 1. The minimum Gasteiger partial charge on any atom is -0.489 e. The fraction of sp³-hybridized carbons (Fsp3) is 0.333. The van der Waals surface area contributed by atoms with Crippen molar-refractivity contribution in [1.82, 2.24) is 15.3 Å². The SMILES string of the molecule is CCc1nc(Cc2ccnc(C(=O)NC3COc4ccc(C#CC(C)(C)O)cc4N(C)C3=O)c2)cs1. The fourth-order valence-corrected chi connectivity index (χ4v) is 4.39. The molecule has 0 aliphatic carbocycles. The topological polar surface area (TPSA) is 105 Å². The third-order valence-corrected chi connectivity index (χ3v) is 6.56. The second kappa shape index (κ2) is 10.5. The molecule has 1 aliphatic heterocycles. The van der Waals surface area contributed by atoms with E-state index >= 15 is 0 Å². The molecule has 36 heavy (non-hydrogen) atoms. The highest BCUT2D eigenvalue weighted by atomic mass is 32.1. The molecule has 3 heterocycles. The van der Waals surface area contributed by atoms with E-state index in [4.69, 9.17) is 4.74 Å². The summed E-state index contributed by atoms with van der Waals surface area (Å²) in [4.78, 5) is 36.4. The summed E-state index contributed by atoms with van der Waals surface area (Å²) in [5.74, 6) is 5.40. The Labute approximate surface area is 214 Å². The number of carbonyl (C=O) groups is 2. The summed E-state index contributed by atoms with van der Waals surface area (Å²) in [5.41, 5.74) is 2.12. The lowest BCUT2D eigenvalue weighted by Crippen LogP contribution is -2.49. The first kappa shape index (κ1) is 25.4. The number of nitrogens with one attached hydrogen (secondary N) is 1. The number of amides is 2. The van der Waals surface area contributed by atoms with Gasteiger partial charge in [-0.2, -0.15) is 0 Å². The lowest BCUT2D eigenvalue weighted by atomic mass is 10.1. The maximum absolute atomic E-state index is 13.2. The maximum atomic E-state index is 13.2. The minimum absolute atomic E-state index is 0.0189. The van der Waals surface area contributed by atoms with Crippen LogP contribution in [0.2, 0.25) is 0 Å². The molecule has 0 saturated carbocycles. The number of anilines is 1. The fourth-order valence-electron chi connectivity index (χ4n) is 3.65. The van der Waals surface area contributed by atoms with E-state index in [1.54, 1.807) is 62.7 Å². The molecule has 1 aromatic carbocycles. The Balaban J connectivity index is 1.47. The van der Waals surface area contributed by atoms with Crippen LogP contribution in [0.3, 0.4) is 0 Å². The van der Waals surface area contributed by atoms with Crippen molar-refractivity contribution in [1.29, 1.82) is 0 Å². The molecule has 0 fully saturated rings. The van der Waals surface area contributed by atoms with E-state index in [0.29, 0.717) is 23.4 Å². The van der Waals surface area contributed by atoms with Crippen LogP contribution in [0.4, 0.5) is 5.69 Å². The summed E-state index contributed by atoms with van der Waals surface area (Å²) in [6.45, 7) is 5.24. The van der Waals surface area contributed by atoms with Crippen molar-refractivity contribution < 1.29 is 19.4 Å². The van der Waals surface area contributed by atoms with Gasteiger partial charge in [-0.25, -0.2) is 4.98 Å². The van der Waals surface area contributed by atoms with E-state index in [-0.39, 0.29) is 18.2 Å². The van der Waals surface area contributed by atoms with E-state index in [9.17, 15) is 14.7 Å². The number of nitrogens with zero attached hydrogens (tertiary/aromatic N) is 3. The molecule has 186 valence electrons. The molecule has 0 spiro atoms. The number of hydrogen-bond donors (Lipinski definition) is 2. The molecule has 9 heteroatoms. The Morgan fingerprint density at radius 3 is 2.86 bits per heavy atom. The Bertz CT molecular complexity index is 1350. The van der Waals surface area contributed by atoms with Crippen LogP contribution >= 0.6 is 11.3 Å². The van der Waals surface area contributed by atoms with Crippen molar-refractivity contribution in [2.75, 3.05) is 18.6 Å². The average molecular weight is 505 g/mol. The van der Waals surface area contributed by atoms with Crippen LogP contribution in [0.25, 0.3) is 0 Å². The van der Waals surface area contributed by atoms with Crippen molar-refractivity contribution in [3.05, 3.63) is 69.4 Å². The number of aromatic nitrogens is 2. The number of hydrogen-bond acceptors (Lipinski definition) is 7. The van der Waals surface area contributed by atoms with Crippen LogP contribution in [0, 0.1) is 11.8 Å². The van der Waals surface area contributed by atoms with E-state index < -0.39 is 17.6 Å². The van der Waals surface area contributed by atoms with E-state index in [0.717, 1.165) is 22.7 Å². The van der Waals surface area contributed by atoms with Crippen molar-refractivity contribution in [3.8, 4) is 17.6 Å². The second-order valence-corrected chi connectivity index (χ2v) is 9.98. The third-order valence-electron chi connectivity index (χ3n) is 5.52. The van der Waals surface area contributed by atoms with Crippen LogP contribution in [-0.2, 0) is 17.6 Å². The third kappa shape index (κ3) is 6.08. The summed E-state index contributed by atoms with van der Waals surface area (Å²) >= 11 is 1.62. The van der Waals surface area contributed by atoms with Crippen LogP contribution < -0.4 is 15.0 Å². The van der Waals surface area contributed by atoms with Crippen molar-refractivity contribution in [3.63, 3.8) is 0 Å². The summed E-state index contributed by atoms with van der Waals surface area (Å²) in [7, 11) is 1.62. The van der Waals surface area contributed by atoms with E-state index in [1.165, 1.54) is 4.90 Å². The molecule has 3 aromatic rings. The minimum atomic E-state index is -1.13. The standard InChI is InChI=1S/C27H28N4O4S/c1-5-24-29-19(16-36-24)12-18-9-11-28-20(13-18)25(32)30-21-15-35-23-7-6-17(8-10-27(2,3)34)14-22(23)31(4)26(21)33/h6-7,9,11,13-14,16,21,34H,5,12,15H2,1-4H3,(H,30,32). The molecule has 1 aliphatic rings. The molecule has 1 atom stereocenters. The van der Waals surface area contributed by atoms with Gasteiger partial charge in [-0.05, 0) is 56.2 Å². The number of rotatable bonds is 5. The van der Waals surface area contributed by atoms with Crippen molar-refractivity contribution in [2.45, 2.75) is 45.3 Å². The number of thiazole rings is 1. The first-order chi connectivity index (χ1) is 17.1. The molecule has 2 amide bonds. The summed E-state index contributed by atoms with van der Waals surface area (Å²) in [5, 5.41) is 15.7. The molecule has 0 radical (unpaired) electrons. The molecule has 8 nitrogen and oxygen atoms in total. The van der Waals surface area contributed by atoms with Gasteiger partial charge in [0.1, 0.15) is 29.7 Å². The number of carbonyl (C=O) groups excluding carboxylic acids is 2. The van der Waals surface area contributed by atoms with E-state index in [1.807, 2.05) is 11.4 Å². The van der Waals surface area contributed by atoms with Gasteiger partial charge in [0.05, 0.1) is 16.4 Å². The quantitative estimate of drug-likeness (QED) is 0.518. The van der Waals surface area contributed by atoms with Gasteiger partial charge in [0.25, 0.3) is 11.8 Å². The van der Waals surface area contributed by atoms with Gasteiger partial charge in [-0.1, -0.05) is 18.8 Å². The lowest BCUT2D eigenvalue weighted by molar-refractivity contribution is -0.120. The van der Waals surface area contributed by atoms with Gasteiger partial charge < -0.3 is 20.1 Å². The second-order valence-electron chi connectivity index (χ2n) is 9.04. The first-order valence-corrected chi connectivity index (χ1v) is 12.5. The monoisotopic (exact) mass is 504 g/mol. The molecule has 2 aromatic heterocycles. The summed E-state index contributed by atoms with van der Waals surface area (Å²) in [6.07, 6.45) is 3.07. The Kier molecular flexibility index (Phi) is 7.38. The highest BCUT2D eigenvalue weighted by molar-refractivity contribution is 7.09. The Morgan fingerprint density at radius 2 is 2.14 bits per heavy atom. The number of pyridine rings is 1. The van der Waals surface area contributed by atoms with Crippen LogP contribution in [0.15, 0.2) is 41.9 Å². The van der Waals surface area contributed by atoms with Crippen LogP contribution in [-0.4, -0.2) is 52.2 Å². The Morgan fingerprint density at radius 1 is 1.33 bits per heavy atom. The highest BCUT2D eigenvalue weighted by Crippen LogP contribution is 2.31.